The Morgan fingerprint density at radius 3 is 2.64 bits per heavy atom. The molecule has 0 aromatic carbocycles. The maximum Gasteiger partial charge on any atom is 0.252 e. The van der Waals surface area contributed by atoms with Crippen molar-refractivity contribution in [3.05, 3.63) is 11.7 Å². The molecule has 28 heavy (non-hydrogen) atoms. The molecule has 9 nitrogen and oxygen atoms in total. The summed E-state index contributed by atoms with van der Waals surface area (Å²) in [5, 5.41) is 3.93. The molecule has 4 rings (SSSR count). The van der Waals surface area contributed by atoms with Crippen molar-refractivity contribution in [2.75, 3.05) is 33.4 Å². The van der Waals surface area contributed by atoms with E-state index in [0.29, 0.717) is 38.0 Å². The smallest absolute Gasteiger partial charge is 0.252 e. The Bertz CT molecular complexity index is 740. The van der Waals surface area contributed by atoms with Crippen LogP contribution in [-0.4, -0.2) is 82.9 Å². The van der Waals surface area contributed by atoms with Crippen LogP contribution in [0.4, 0.5) is 0 Å². The summed E-state index contributed by atoms with van der Waals surface area (Å²) < 4.78 is 16.3. The van der Waals surface area contributed by atoms with Crippen LogP contribution in [0.3, 0.4) is 0 Å². The Morgan fingerprint density at radius 2 is 2.07 bits per heavy atom. The standard InChI is InChI=1S/C19H28N4O5/c1-12(26-3)18(25)23-10-15(27-11-19(23)5-4-6-19)7-16(24)22-8-14(9-22)17-20-13(2)28-21-17/h12,14-15H,4-11H2,1-3H3. The maximum atomic E-state index is 12.8. The molecule has 0 N–H and O–H groups in total. The van der Waals surface area contributed by atoms with Crippen LogP contribution in [0.25, 0.3) is 0 Å². The van der Waals surface area contributed by atoms with E-state index in [1.54, 1.807) is 25.9 Å². The van der Waals surface area contributed by atoms with E-state index in [0.717, 1.165) is 19.3 Å². The number of carbonyl (C=O) groups excluding carboxylic acids is 2. The van der Waals surface area contributed by atoms with Gasteiger partial charge in [-0.25, -0.2) is 0 Å². The Morgan fingerprint density at radius 1 is 1.32 bits per heavy atom. The second-order valence-electron chi connectivity index (χ2n) is 8.21. The highest BCUT2D eigenvalue weighted by molar-refractivity contribution is 5.82. The fourth-order valence-electron chi connectivity index (χ4n) is 4.22. The molecule has 2 amide bonds. The first-order chi connectivity index (χ1) is 13.4. The highest BCUT2D eigenvalue weighted by atomic mass is 16.5. The zero-order chi connectivity index (χ0) is 19.9. The van der Waals surface area contributed by atoms with Gasteiger partial charge in [-0.05, 0) is 26.2 Å². The first kappa shape index (κ1) is 19.3. The molecule has 2 aliphatic heterocycles. The normalized spacial score (nSPS) is 25.3. The van der Waals surface area contributed by atoms with E-state index >= 15 is 0 Å². The number of rotatable bonds is 5. The van der Waals surface area contributed by atoms with Gasteiger partial charge in [-0.15, -0.1) is 0 Å². The molecule has 2 saturated heterocycles. The van der Waals surface area contributed by atoms with Crippen LogP contribution in [0.15, 0.2) is 4.52 Å². The van der Waals surface area contributed by atoms with Crippen molar-refractivity contribution >= 4 is 11.8 Å². The number of methoxy groups -OCH3 is 1. The van der Waals surface area contributed by atoms with Gasteiger partial charge in [0.2, 0.25) is 11.8 Å². The van der Waals surface area contributed by atoms with E-state index in [2.05, 4.69) is 10.1 Å². The SMILES string of the molecule is COC(C)C(=O)N1CC(CC(=O)N2CC(c3noc(C)n3)C2)OCC12CCC2. The van der Waals surface area contributed by atoms with Crippen molar-refractivity contribution < 1.29 is 23.6 Å². The lowest BCUT2D eigenvalue weighted by Crippen LogP contribution is -2.66. The molecule has 1 saturated carbocycles. The number of hydrogen-bond donors (Lipinski definition) is 0. The lowest BCUT2D eigenvalue weighted by atomic mass is 9.74. The van der Waals surface area contributed by atoms with E-state index in [4.69, 9.17) is 14.0 Å². The molecular formula is C19H28N4O5. The van der Waals surface area contributed by atoms with E-state index in [1.807, 2.05) is 4.90 Å². The van der Waals surface area contributed by atoms with Crippen molar-refractivity contribution in [1.82, 2.24) is 19.9 Å². The molecule has 2 unspecified atom stereocenters. The summed E-state index contributed by atoms with van der Waals surface area (Å²) in [6, 6.07) is 0. The van der Waals surface area contributed by atoms with Crippen LogP contribution in [0.5, 0.6) is 0 Å². The molecule has 154 valence electrons. The van der Waals surface area contributed by atoms with E-state index in [1.165, 1.54) is 0 Å². The number of morpholine rings is 1. The maximum absolute atomic E-state index is 12.8. The molecule has 1 aromatic heterocycles. The molecular weight excluding hydrogens is 364 g/mol. The number of likely N-dealkylation sites (tertiary alicyclic amines) is 1. The quantitative estimate of drug-likeness (QED) is 0.733. The molecule has 3 aliphatic rings. The van der Waals surface area contributed by atoms with Gasteiger partial charge in [-0.1, -0.05) is 5.16 Å². The van der Waals surface area contributed by atoms with E-state index in [-0.39, 0.29) is 35.8 Å². The van der Waals surface area contributed by atoms with E-state index < -0.39 is 6.10 Å². The van der Waals surface area contributed by atoms with Gasteiger partial charge in [-0.2, -0.15) is 4.98 Å². The van der Waals surface area contributed by atoms with Gasteiger partial charge in [0.05, 0.1) is 30.6 Å². The average molecular weight is 392 g/mol. The number of carbonyl (C=O) groups is 2. The molecule has 0 radical (unpaired) electrons. The highest BCUT2D eigenvalue weighted by Gasteiger charge is 2.50. The number of amides is 2. The number of aromatic nitrogens is 2. The van der Waals surface area contributed by atoms with Crippen LogP contribution in [0.1, 0.15) is 50.2 Å². The van der Waals surface area contributed by atoms with Crippen molar-refractivity contribution in [3.63, 3.8) is 0 Å². The summed E-state index contributed by atoms with van der Waals surface area (Å²) in [5.74, 6) is 1.35. The van der Waals surface area contributed by atoms with Crippen LogP contribution >= 0.6 is 0 Å². The lowest BCUT2D eigenvalue weighted by molar-refractivity contribution is -0.181. The van der Waals surface area contributed by atoms with Crippen LogP contribution in [-0.2, 0) is 19.1 Å². The van der Waals surface area contributed by atoms with Crippen molar-refractivity contribution in [2.24, 2.45) is 0 Å². The Balaban J connectivity index is 1.32. The number of aryl methyl sites for hydroxylation is 1. The van der Waals surface area contributed by atoms with Gasteiger partial charge in [0.25, 0.3) is 5.91 Å². The van der Waals surface area contributed by atoms with E-state index in [9.17, 15) is 9.59 Å². The minimum Gasteiger partial charge on any atom is -0.373 e. The first-order valence-corrected chi connectivity index (χ1v) is 9.96. The second-order valence-corrected chi connectivity index (χ2v) is 8.21. The summed E-state index contributed by atoms with van der Waals surface area (Å²) in [6.45, 7) is 5.65. The molecule has 0 bridgehead atoms. The summed E-state index contributed by atoms with van der Waals surface area (Å²) >= 11 is 0. The molecule has 1 spiro atoms. The Hall–Kier alpha value is -2.00. The summed E-state index contributed by atoms with van der Waals surface area (Å²) in [5.41, 5.74) is -0.207. The molecule has 3 fully saturated rings. The Labute approximate surface area is 164 Å². The largest absolute Gasteiger partial charge is 0.373 e. The third-order valence-electron chi connectivity index (χ3n) is 6.34. The fourth-order valence-corrected chi connectivity index (χ4v) is 4.22. The van der Waals surface area contributed by atoms with Gasteiger partial charge < -0.3 is 23.8 Å². The van der Waals surface area contributed by atoms with Crippen molar-refractivity contribution in [1.29, 1.82) is 0 Å². The highest BCUT2D eigenvalue weighted by Crippen LogP contribution is 2.41. The minimum absolute atomic E-state index is 0.0144. The minimum atomic E-state index is -0.485. The zero-order valence-corrected chi connectivity index (χ0v) is 16.7. The number of nitrogens with zero attached hydrogens (tertiary/aromatic N) is 4. The third-order valence-corrected chi connectivity index (χ3v) is 6.34. The van der Waals surface area contributed by atoms with Crippen LogP contribution in [0.2, 0.25) is 0 Å². The topological polar surface area (TPSA) is 98.0 Å². The lowest BCUT2D eigenvalue weighted by Gasteiger charge is -2.55. The summed E-state index contributed by atoms with van der Waals surface area (Å²) in [4.78, 5) is 33.4. The van der Waals surface area contributed by atoms with Gasteiger partial charge in [0.1, 0.15) is 6.10 Å². The predicted octanol–water partition coefficient (Wildman–Crippen LogP) is 0.879. The van der Waals surface area contributed by atoms with Gasteiger partial charge in [-0.3, -0.25) is 9.59 Å². The number of hydrogen-bond acceptors (Lipinski definition) is 7. The third kappa shape index (κ3) is 3.41. The monoisotopic (exact) mass is 392 g/mol. The van der Waals surface area contributed by atoms with Gasteiger partial charge in [0, 0.05) is 33.7 Å². The van der Waals surface area contributed by atoms with Crippen molar-refractivity contribution in [3.8, 4) is 0 Å². The molecule has 2 atom stereocenters. The predicted molar refractivity (Wildman–Crippen MR) is 97.5 cm³/mol. The van der Waals surface area contributed by atoms with Gasteiger partial charge >= 0.3 is 0 Å². The summed E-state index contributed by atoms with van der Waals surface area (Å²) in [7, 11) is 1.54. The first-order valence-electron chi connectivity index (χ1n) is 9.96. The number of ether oxygens (including phenoxy) is 2. The molecule has 1 aromatic rings. The molecule has 3 heterocycles. The second kappa shape index (κ2) is 7.44. The molecule has 9 heteroatoms. The average Bonchev–Trinajstić information content (AvgIpc) is 3.03. The van der Waals surface area contributed by atoms with Crippen LogP contribution < -0.4 is 0 Å². The van der Waals surface area contributed by atoms with Gasteiger partial charge in [0.15, 0.2) is 5.82 Å². The molecule has 1 aliphatic carbocycles. The zero-order valence-electron chi connectivity index (χ0n) is 16.7. The van der Waals surface area contributed by atoms with Crippen LogP contribution in [0, 0.1) is 6.92 Å². The van der Waals surface area contributed by atoms with Crippen molar-refractivity contribution in [2.45, 2.75) is 63.2 Å². The summed E-state index contributed by atoms with van der Waals surface area (Å²) in [6.07, 6.45) is 2.52. The Kier molecular flexibility index (Phi) is 5.13. The fraction of sp³-hybridized carbons (Fsp3) is 0.789.